The molecule has 0 radical (unpaired) electrons. The zero-order chi connectivity index (χ0) is 17.2. The quantitative estimate of drug-likeness (QED) is 0.736. The van der Waals surface area contributed by atoms with Crippen LogP contribution in [-0.2, 0) is 11.2 Å². The van der Waals surface area contributed by atoms with E-state index in [0.717, 1.165) is 16.5 Å². The summed E-state index contributed by atoms with van der Waals surface area (Å²) >= 11 is 0. The Morgan fingerprint density at radius 3 is 2.44 bits per heavy atom. The molecule has 0 saturated carbocycles. The van der Waals surface area contributed by atoms with Gasteiger partial charge in [0, 0.05) is 37.1 Å². The van der Waals surface area contributed by atoms with Gasteiger partial charge in [-0.1, -0.05) is 18.2 Å². The lowest BCUT2D eigenvalue weighted by atomic mass is 10.1. The van der Waals surface area contributed by atoms with Crippen molar-refractivity contribution in [1.29, 1.82) is 0 Å². The van der Waals surface area contributed by atoms with Crippen molar-refractivity contribution >= 4 is 22.8 Å². The third-order valence-electron chi connectivity index (χ3n) is 4.55. The first-order valence-electron chi connectivity index (χ1n) is 8.28. The highest BCUT2D eigenvalue weighted by Crippen LogP contribution is 2.22. The Hall–Kier alpha value is -3.02. The average Bonchev–Trinajstić information content (AvgIpc) is 3.32. The lowest BCUT2D eigenvalue weighted by Gasteiger charge is -2.34. The average molecular weight is 338 g/mol. The largest absolute Gasteiger partial charge is 0.464 e. The summed E-state index contributed by atoms with van der Waals surface area (Å²) in [6, 6.07) is 11.0. The van der Waals surface area contributed by atoms with Crippen LogP contribution in [0.25, 0.3) is 11.0 Å². The first-order valence-corrected chi connectivity index (χ1v) is 8.28. The fourth-order valence-corrected chi connectivity index (χ4v) is 3.16. The number of rotatable bonds is 3. The lowest BCUT2D eigenvalue weighted by molar-refractivity contribution is -0.131. The molecule has 128 valence electrons. The van der Waals surface area contributed by atoms with E-state index < -0.39 is 0 Å². The third-order valence-corrected chi connectivity index (χ3v) is 4.55. The summed E-state index contributed by atoms with van der Waals surface area (Å²) in [7, 11) is 0. The van der Waals surface area contributed by atoms with Crippen LogP contribution in [0.5, 0.6) is 0 Å². The molecule has 3 heterocycles. The van der Waals surface area contributed by atoms with Crippen LogP contribution in [0.4, 0.5) is 0 Å². The van der Waals surface area contributed by atoms with Crippen molar-refractivity contribution in [2.75, 3.05) is 26.2 Å². The van der Waals surface area contributed by atoms with E-state index in [9.17, 15) is 9.59 Å². The van der Waals surface area contributed by atoms with E-state index in [0.29, 0.717) is 38.4 Å². The maximum absolute atomic E-state index is 12.6. The van der Waals surface area contributed by atoms with Crippen molar-refractivity contribution in [3.63, 3.8) is 0 Å². The van der Waals surface area contributed by atoms with E-state index in [2.05, 4.69) is 0 Å². The van der Waals surface area contributed by atoms with Gasteiger partial charge in [0.15, 0.2) is 5.76 Å². The minimum atomic E-state index is -0.127. The Morgan fingerprint density at radius 1 is 0.920 bits per heavy atom. The molecule has 1 aromatic carbocycles. The molecule has 1 aliphatic rings. The maximum atomic E-state index is 12.6. The lowest BCUT2D eigenvalue weighted by Crippen LogP contribution is -2.50. The maximum Gasteiger partial charge on any atom is 0.289 e. The van der Waals surface area contributed by atoms with E-state index in [1.807, 2.05) is 24.3 Å². The van der Waals surface area contributed by atoms with Gasteiger partial charge in [0.25, 0.3) is 5.91 Å². The summed E-state index contributed by atoms with van der Waals surface area (Å²) in [6.45, 7) is 2.08. The highest BCUT2D eigenvalue weighted by molar-refractivity contribution is 5.92. The molecule has 0 unspecified atom stereocenters. The fourth-order valence-electron chi connectivity index (χ4n) is 3.16. The number of hydrogen-bond donors (Lipinski definition) is 0. The Morgan fingerprint density at radius 2 is 1.68 bits per heavy atom. The smallest absolute Gasteiger partial charge is 0.289 e. The monoisotopic (exact) mass is 338 g/mol. The van der Waals surface area contributed by atoms with Gasteiger partial charge in [0.2, 0.25) is 5.91 Å². The van der Waals surface area contributed by atoms with Gasteiger partial charge in [-0.2, -0.15) is 0 Å². The zero-order valence-electron chi connectivity index (χ0n) is 13.7. The fraction of sp³-hybridized carbons (Fsp3) is 0.263. The first-order chi connectivity index (χ1) is 12.2. The van der Waals surface area contributed by atoms with E-state index in [4.69, 9.17) is 8.83 Å². The van der Waals surface area contributed by atoms with E-state index in [1.54, 1.807) is 28.2 Å². The number of nitrogens with zero attached hydrogens (tertiary/aromatic N) is 2. The van der Waals surface area contributed by atoms with Crippen molar-refractivity contribution < 1.29 is 18.4 Å². The van der Waals surface area contributed by atoms with Gasteiger partial charge in [-0.25, -0.2) is 0 Å². The predicted molar refractivity (Wildman–Crippen MR) is 91.1 cm³/mol. The Labute approximate surface area is 144 Å². The topological polar surface area (TPSA) is 66.9 Å². The minimum absolute atomic E-state index is 0.0525. The van der Waals surface area contributed by atoms with E-state index in [-0.39, 0.29) is 11.8 Å². The molecule has 1 aliphatic heterocycles. The number of benzene rings is 1. The molecule has 0 spiro atoms. The summed E-state index contributed by atoms with van der Waals surface area (Å²) in [6.07, 6.45) is 3.45. The molecule has 6 heteroatoms. The van der Waals surface area contributed by atoms with Gasteiger partial charge in [-0.3, -0.25) is 9.59 Å². The highest BCUT2D eigenvalue weighted by Gasteiger charge is 2.26. The van der Waals surface area contributed by atoms with Crippen LogP contribution in [0.3, 0.4) is 0 Å². The molecule has 25 heavy (non-hydrogen) atoms. The summed E-state index contributed by atoms with van der Waals surface area (Å²) < 4.78 is 10.6. The van der Waals surface area contributed by atoms with Crippen LogP contribution in [-0.4, -0.2) is 47.8 Å². The van der Waals surface area contributed by atoms with Crippen molar-refractivity contribution in [3.05, 3.63) is 60.2 Å². The zero-order valence-corrected chi connectivity index (χ0v) is 13.7. The second-order valence-electron chi connectivity index (χ2n) is 6.08. The number of amides is 2. The minimum Gasteiger partial charge on any atom is -0.464 e. The van der Waals surface area contributed by atoms with Gasteiger partial charge in [0.05, 0.1) is 18.9 Å². The molecule has 6 nitrogen and oxygen atoms in total. The molecular weight excluding hydrogens is 320 g/mol. The number of carbonyl (C=O) groups is 2. The summed E-state index contributed by atoms with van der Waals surface area (Å²) in [4.78, 5) is 28.4. The molecule has 1 saturated heterocycles. The third kappa shape index (κ3) is 3.03. The van der Waals surface area contributed by atoms with Gasteiger partial charge in [0.1, 0.15) is 5.58 Å². The van der Waals surface area contributed by atoms with Gasteiger partial charge in [-0.15, -0.1) is 0 Å². The second-order valence-corrected chi connectivity index (χ2v) is 6.08. The Bertz CT molecular complexity index is 889. The van der Waals surface area contributed by atoms with Crippen molar-refractivity contribution in [1.82, 2.24) is 9.80 Å². The molecule has 0 bridgehead atoms. The summed E-state index contributed by atoms with van der Waals surface area (Å²) in [5, 5.41) is 0.975. The van der Waals surface area contributed by atoms with Gasteiger partial charge >= 0.3 is 0 Å². The summed E-state index contributed by atoms with van der Waals surface area (Å²) in [5.74, 6) is 0.263. The van der Waals surface area contributed by atoms with Gasteiger partial charge < -0.3 is 18.6 Å². The number of para-hydroxylation sites is 1. The summed E-state index contributed by atoms with van der Waals surface area (Å²) in [5.41, 5.74) is 1.69. The molecule has 0 aliphatic carbocycles. The predicted octanol–water partition coefficient (Wildman–Crippen LogP) is 2.55. The van der Waals surface area contributed by atoms with Crippen molar-refractivity contribution in [2.24, 2.45) is 0 Å². The van der Waals surface area contributed by atoms with Crippen LogP contribution >= 0.6 is 0 Å². The van der Waals surface area contributed by atoms with E-state index in [1.165, 1.54) is 6.26 Å². The molecule has 4 rings (SSSR count). The Balaban J connectivity index is 1.37. The number of piperazine rings is 1. The second kappa shape index (κ2) is 6.47. The molecule has 1 fully saturated rings. The number of furan rings is 2. The standard InChI is InChI=1S/C19H18N2O4/c22-18(12-14-13-25-16-5-2-1-4-15(14)16)20-7-9-21(10-8-20)19(23)17-6-3-11-24-17/h1-6,11,13H,7-10,12H2. The number of fused-ring (bicyclic) bond motifs is 1. The van der Waals surface area contributed by atoms with Crippen LogP contribution < -0.4 is 0 Å². The molecular formula is C19H18N2O4. The number of hydrogen-bond acceptors (Lipinski definition) is 4. The van der Waals surface area contributed by atoms with Gasteiger partial charge in [-0.05, 0) is 18.2 Å². The van der Waals surface area contributed by atoms with Crippen molar-refractivity contribution in [2.45, 2.75) is 6.42 Å². The molecule has 2 amide bonds. The van der Waals surface area contributed by atoms with Crippen molar-refractivity contribution in [3.8, 4) is 0 Å². The Kier molecular flexibility index (Phi) is 4.01. The molecule has 0 N–H and O–H groups in total. The highest BCUT2D eigenvalue weighted by atomic mass is 16.3. The molecule has 2 aromatic heterocycles. The van der Waals surface area contributed by atoms with Crippen LogP contribution in [0.2, 0.25) is 0 Å². The normalized spacial score (nSPS) is 14.9. The number of carbonyl (C=O) groups excluding carboxylic acids is 2. The van der Waals surface area contributed by atoms with Crippen LogP contribution in [0.15, 0.2) is 57.8 Å². The van der Waals surface area contributed by atoms with Crippen LogP contribution in [0, 0.1) is 0 Å². The first kappa shape index (κ1) is 15.5. The SMILES string of the molecule is O=C(Cc1coc2ccccc12)N1CCN(C(=O)c2ccco2)CC1. The molecule has 0 atom stereocenters. The van der Waals surface area contributed by atoms with Crippen LogP contribution in [0.1, 0.15) is 16.1 Å². The molecule has 3 aromatic rings. The van der Waals surface area contributed by atoms with E-state index >= 15 is 0 Å².